The number of halogens is 4. The highest BCUT2D eigenvalue weighted by atomic mass is 19.4. The van der Waals surface area contributed by atoms with Crippen LogP contribution in [0.25, 0.3) is 11.2 Å². The summed E-state index contributed by atoms with van der Waals surface area (Å²) in [4.78, 5) is 27.1. The molecular weight excluding hydrogens is 506 g/mol. The number of benzene rings is 1. The Morgan fingerprint density at radius 3 is 2.55 bits per heavy atom. The largest absolute Gasteiger partial charge is 0.573 e. The van der Waals surface area contributed by atoms with E-state index in [0.29, 0.717) is 55.4 Å². The molecule has 1 saturated carbocycles. The van der Waals surface area contributed by atoms with E-state index in [1.54, 1.807) is 4.90 Å². The fourth-order valence-corrected chi connectivity index (χ4v) is 6.10. The summed E-state index contributed by atoms with van der Waals surface area (Å²) >= 11 is 0. The molecule has 1 aromatic carbocycles. The van der Waals surface area contributed by atoms with Crippen LogP contribution in [0.2, 0.25) is 0 Å². The van der Waals surface area contributed by atoms with E-state index < -0.39 is 23.8 Å². The molecule has 1 amide bonds. The van der Waals surface area contributed by atoms with E-state index in [1.165, 1.54) is 12.3 Å². The van der Waals surface area contributed by atoms with Crippen LogP contribution in [0.3, 0.4) is 0 Å². The average Bonchev–Trinajstić information content (AvgIpc) is 3.34. The Morgan fingerprint density at radius 1 is 1.18 bits per heavy atom. The molecule has 8 nitrogen and oxygen atoms in total. The Kier molecular flexibility index (Phi) is 5.97. The normalized spacial score (nSPS) is 24.2. The molecule has 2 aromatic heterocycles. The number of nitrogens with two attached hydrogens (primary N) is 1. The van der Waals surface area contributed by atoms with Crippen molar-refractivity contribution in [3.05, 3.63) is 47.2 Å². The molecule has 0 spiro atoms. The topological polar surface area (TPSA) is 106 Å². The molecule has 0 atom stereocenters. The molecule has 3 saturated heterocycles. The molecule has 4 aliphatic rings. The van der Waals surface area contributed by atoms with Gasteiger partial charge >= 0.3 is 6.36 Å². The van der Waals surface area contributed by atoms with Crippen LogP contribution in [0.5, 0.6) is 5.75 Å². The van der Waals surface area contributed by atoms with Gasteiger partial charge in [-0.15, -0.1) is 13.2 Å². The number of fused-ring (bicyclic) bond motifs is 4. The molecule has 202 valence electrons. The van der Waals surface area contributed by atoms with E-state index >= 15 is 4.39 Å². The van der Waals surface area contributed by atoms with Gasteiger partial charge in [0.1, 0.15) is 22.9 Å². The summed E-state index contributed by atoms with van der Waals surface area (Å²) in [7, 11) is 0. The van der Waals surface area contributed by atoms with Crippen LogP contribution >= 0.6 is 0 Å². The number of imidazole rings is 1. The maximum atomic E-state index is 15.1. The van der Waals surface area contributed by atoms with E-state index in [4.69, 9.17) is 15.5 Å². The number of aromatic nitrogens is 3. The van der Waals surface area contributed by atoms with Crippen molar-refractivity contribution in [2.75, 3.05) is 25.4 Å². The zero-order chi connectivity index (χ0) is 26.7. The molecule has 7 rings (SSSR count). The number of piperidine rings is 1. The van der Waals surface area contributed by atoms with Crippen LogP contribution in [0.4, 0.5) is 23.2 Å². The van der Waals surface area contributed by atoms with E-state index in [-0.39, 0.29) is 22.6 Å². The molecule has 1 aliphatic carbocycles. The van der Waals surface area contributed by atoms with Crippen LogP contribution in [-0.2, 0) is 10.2 Å². The van der Waals surface area contributed by atoms with Crippen molar-refractivity contribution < 1.29 is 31.8 Å². The average molecular weight is 534 g/mol. The lowest BCUT2D eigenvalue weighted by Gasteiger charge is -2.44. The molecule has 2 bridgehead atoms. The second-order valence-corrected chi connectivity index (χ2v) is 10.5. The number of nitrogens with zero attached hydrogens (tertiary/aromatic N) is 3. The number of alkyl halides is 3. The van der Waals surface area contributed by atoms with Crippen molar-refractivity contribution in [1.82, 2.24) is 19.9 Å². The number of aromatic amines is 1. The summed E-state index contributed by atoms with van der Waals surface area (Å²) in [5.41, 5.74) is 7.23. The minimum atomic E-state index is -4.86. The van der Waals surface area contributed by atoms with Crippen LogP contribution in [0, 0.1) is 5.82 Å². The van der Waals surface area contributed by atoms with Crippen LogP contribution in [-0.4, -0.2) is 57.9 Å². The monoisotopic (exact) mass is 533 g/mol. The number of hydrogen-bond acceptors (Lipinski definition) is 6. The quantitative estimate of drug-likeness (QED) is 0.368. The molecule has 12 heteroatoms. The molecule has 0 radical (unpaired) electrons. The number of carbonyl (C=O) groups is 1. The Balaban J connectivity index is 1.19. The van der Waals surface area contributed by atoms with Crippen molar-refractivity contribution in [2.45, 2.75) is 62.3 Å². The molecular formula is C26H27F4N5O3. The summed E-state index contributed by atoms with van der Waals surface area (Å²) in [5, 5.41) is 0. The third kappa shape index (κ3) is 4.44. The molecule has 3 N–H and O–H groups in total. The van der Waals surface area contributed by atoms with Crippen LogP contribution in [0.15, 0.2) is 24.4 Å². The summed E-state index contributed by atoms with van der Waals surface area (Å²) in [6.45, 7) is 1.27. The van der Waals surface area contributed by atoms with E-state index in [1.807, 2.05) is 0 Å². The smallest absolute Gasteiger partial charge is 0.406 e. The standard InChI is InChI=1S/C26H27F4N5O3/c27-18-12-32-22-21(33-24(34-22)25-7-3-15(4-8-25)37-13-25)20(18)14-5-9-35(10-6-14)23(36)17-2-1-16(11-19(17)31)38-26(28,29)30/h1-2,11-12,14-15H,3-10,13,31H2,(H,32,33,34). The number of anilines is 1. The lowest BCUT2D eigenvalue weighted by Crippen LogP contribution is -2.46. The number of amides is 1. The number of carbonyl (C=O) groups excluding carboxylic acids is 1. The van der Waals surface area contributed by atoms with Crippen molar-refractivity contribution in [2.24, 2.45) is 0 Å². The summed E-state index contributed by atoms with van der Waals surface area (Å²) in [6.07, 6.45) is 1.60. The molecule has 38 heavy (non-hydrogen) atoms. The fraction of sp³-hybridized carbons (Fsp3) is 0.500. The van der Waals surface area contributed by atoms with Crippen molar-refractivity contribution in [3.63, 3.8) is 0 Å². The molecule has 3 aromatic rings. The first-order valence-electron chi connectivity index (χ1n) is 12.7. The van der Waals surface area contributed by atoms with Gasteiger partial charge < -0.3 is 25.1 Å². The van der Waals surface area contributed by atoms with Gasteiger partial charge in [0.25, 0.3) is 5.91 Å². The second kappa shape index (κ2) is 9.11. The zero-order valence-corrected chi connectivity index (χ0v) is 20.5. The van der Waals surface area contributed by atoms with Gasteiger partial charge in [-0.25, -0.2) is 14.4 Å². The highest BCUT2D eigenvalue weighted by Crippen LogP contribution is 2.45. The van der Waals surface area contributed by atoms with Crippen LogP contribution in [0.1, 0.15) is 66.2 Å². The molecule has 5 heterocycles. The van der Waals surface area contributed by atoms with Gasteiger partial charge in [-0.2, -0.15) is 0 Å². The van der Waals surface area contributed by atoms with Gasteiger partial charge in [0, 0.05) is 30.4 Å². The van der Waals surface area contributed by atoms with Gasteiger partial charge in [0.15, 0.2) is 5.65 Å². The molecule has 0 unspecified atom stereocenters. The maximum Gasteiger partial charge on any atom is 0.573 e. The third-order valence-corrected chi connectivity index (χ3v) is 8.17. The molecule has 3 aliphatic heterocycles. The van der Waals surface area contributed by atoms with Gasteiger partial charge in [-0.3, -0.25) is 4.79 Å². The summed E-state index contributed by atoms with van der Waals surface area (Å²) in [6, 6.07) is 3.27. The Labute approximate surface area is 215 Å². The Bertz CT molecular complexity index is 1360. The highest BCUT2D eigenvalue weighted by molar-refractivity contribution is 5.99. The first-order valence-corrected chi connectivity index (χ1v) is 12.7. The van der Waals surface area contributed by atoms with Gasteiger partial charge in [0.05, 0.1) is 29.9 Å². The second-order valence-electron chi connectivity index (χ2n) is 10.5. The van der Waals surface area contributed by atoms with Crippen molar-refractivity contribution >= 4 is 22.8 Å². The van der Waals surface area contributed by atoms with Crippen molar-refractivity contribution in [1.29, 1.82) is 0 Å². The lowest BCUT2D eigenvalue weighted by atomic mass is 9.71. The summed E-state index contributed by atoms with van der Waals surface area (Å²) < 4.78 is 62.4. The van der Waals surface area contributed by atoms with Gasteiger partial charge in [-0.05, 0) is 56.6 Å². The Hall–Kier alpha value is -3.41. The third-order valence-electron chi connectivity index (χ3n) is 8.17. The van der Waals surface area contributed by atoms with Gasteiger partial charge in [-0.1, -0.05) is 0 Å². The Morgan fingerprint density at radius 2 is 1.92 bits per heavy atom. The number of hydrogen-bond donors (Lipinski definition) is 2. The number of H-pyrrole nitrogens is 1. The number of ether oxygens (including phenoxy) is 2. The number of nitrogens with one attached hydrogen (secondary N) is 1. The van der Waals surface area contributed by atoms with Gasteiger partial charge in [0.2, 0.25) is 0 Å². The number of pyridine rings is 1. The number of rotatable bonds is 4. The predicted molar refractivity (Wildman–Crippen MR) is 129 cm³/mol. The zero-order valence-electron chi connectivity index (χ0n) is 20.5. The lowest BCUT2D eigenvalue weighted by molar-refractivity contribution is -0.274. The maximum absolute atomic E-state index is 15.1. The number of nitrogen functional groups attached to an aromatic ring is 1. The minimum Gasteiger partial charge on any atom is -0.406 e. The first kappa shape index (κ1) is 24.9. The number of likely N-dealkylation sites (tertiary alicyclic amines) is 1. The SMILES string of the molecule is Nc1cc(OC(F)(F)F)ccc1C(=O)N1CCC(c2c(F)cnc3[nH]c(C45CCC(CC4)OC5)nc23)CC1. The highest BCUT2D eigenvalue weighted by Gasteiger charge is 2.45. The van der Waals surface area contributed by atoms with E-state index in [0.717, 1.165) is 43.6 Å². The van der Waals surface area contributed by atoms with E-state index in [2.05, 4.69) is 14.7 Å². The minimum absolute atomic E-state index is 0.0936. The molecule has 4 fully saturated rings. The van der Waals surface area contributed by atoms with Crippen molar-refractivity contribution in [3.8, 4) is 5.75 Å². The fourth-order valence-electron chi connectivity index (χ4n) is 6.10. The van der Waals surface area contributed by atoms with Crippen LogP contribution < -0.4 is 10.5 Å². The van der Waals surface area contributed by atoms with E-state index in [9.17, 15) is 18.0 Å². The summed E-state index contributed by atoms with van der Waals surface area (Å²) in [5.74, 6) is -0.685. The first-order chi connectivity index (χ1) is 18.1. The predicted octanol–water partition coefficient (Wildman–Crippen LogP) is 4.81.